The first-order chi connectivity index (χ1) is 7.38. The number of ether oxygens (including phenoxy) is 1. The minimum Gasteiger partial charge on any atom is -0.374 e. The Kier molecular flexibility index (Phi) is 4.42. The van der Waals surface area contributed by atoms with Gasteiger partial charge in [0.15, 0.2) is 0 Å². The van der Waals surface area contributed by atoms with Gasteiger partial charge in [0.1, 0.15) is 0 Å². The molecule has 88 valence electrons. The average Bonchev–Trinajstić information content (AvgIpc) is 2.79. The smallest absolute Gasteiger partial charge is 0.0826 e. The van der Waals surface area contributed by atoms with Crippen LogP contribution in [0.2, 0.25) is 0 Å². The van der Waals surface area contributed by atoms with E-state index in [4.69, 9.17) is 4.74 Å². The molecule has 0 amide bonds. The van der Waals surface area contributed by atoms with Crippen LogP contribution in [0.1, 0.15) is 32.6 Å². The summed E-state index contributed by atoms with van der Waals surface area (Å²) in [7, 11) is 0. The van der Waals surface area contributed by atoms with E-state index >= 15 is 0 Å². The Labute approximate surface area is 93.2 Å². The normalized spacial score (nSPS) is 29.8. The maximum atomic E-state index is 5.77. The second-order valence-corrected chi connectivity index (χ2v) is 4.78. The molecule has 0 spiro atoms. The Balaban J connectivity index is 1.65. The number of nitrogens with one attached hydrogen (secondary N) is 1. The van der Waals surface area contributed by atoms with E-state index in [0.717, 1.165) is 38.8 Å². The number of likely N-dealkylation sites (N-methyl/N-ethyl adjacent to an activating group) is 1. The predicted octanol–water partition coefficient (Wildman–Crippen LogP) is 1.24. The van der Waals surface area contributed by atoms with E-state index in [9.17, 15) is 0 Å². The van der Waals surface area contributed by atoms with E-state index in [1.165, 1.54) is 25.7 Å². The van der Waals surface area contributed by atoms with Crippen LogP contribution in [0.4, 0.5) is 0 Å². The Hall–Kier alpha value is -0.120. The summed E-state index contributed by atoms with van der Waals surface area (Å²) in [5.41, 5.74) is 0. The zero-order valence-electron chi connectivity index (χ0n) is 9.87. The summed E-state index contributed by atoms with van der Waals surface area (Å²) in [4.78, 5) is 2.48. The molecule has 1 unspecified atom stereocenters. The Morgan fingerprint density at radius 2 is 2.13 bits per heavy atom. The lowest BCUT2D eigenvalue weighted by atomic mass is 10.2. The van der Waals surface area contributed by atoms with E-state index in [0.29, 0.717) is 6.10 Å². The Bertz CT molecular complexity index is 180. The molecule has 0 radical (unpaired) electrons. The van der Waals surface area contributed by atoms with Gasteiger partial charge in [-0.15, -0.1) is 0 Å². The van der Waals surface area contributed by atoms with Gasteiger partial charge in [0.05, 0.1) is 12.7 Å². The third-order valence-corrected chi connectivity index (χ3v) is 3.66. The first kappa shape index (κ1) is 11.4. The van der Waals surface area contributed by atoms with Crippen LogP contribution in [0.25, 0.3) is 0 Å². The number of nitrogens with zero attached hydrogens (tertiary/aromatic N) is 1. The van der Waals surface area contributed by atoms with Gasteiger partial charge >= 0.3 is 0 Å². The second-order valence-electron chi connectivity index (χ2n) is 4.78. The quantitative estimate of drug-likeness (QED) is 0.759. The minimum atomic E-state index is 0.416. The largest absolute Gasteiger partial charge is 0.374 e. The Morgan fingerprint density at radius 3 is 2.87 bits per heavy atom. The van der Waals surface area contributed by atoms with Crippen molar-refractivity contribution in [3.8, 4) is 0 Å². The molecule has 1 N–H and O–H groups in total. The standard InChI is InChI=1S/C12H24N2O/c1-2-14-7-8-15-12(10-14)9-13-11-5-3-4-6-11/h11-13H,2-10H2,1H3. The first-order valence-corrected chi connectivity index (χ1v) is 6.46. The van der Waals surface area contributed by atoms with Gasteiger partial charge < -0.3 is 10.1 Å². The lowest BCUT2D eigenvalue weighted by Gasteiger charge is -2.32. The van der Waals surface area contributed by atoms with Crippen molar-refractivity contribution in [1.82, 2.24) is 10.2 Å². The second kappa shape index (κ2) is 5.83. The molecule has 0 aromatic heterocycles. The van der Waals surface area contributed by atoms with Crippen LogP contribution >= 0.6 is 0 Å². The molecule has 0 aromatic carbocycles. The molecule has 1 aliphatic carbocycles. The van der Waals surface area contributed by atoms with Crippen LogP contribution in [0, 0.1) is 0 Å². The summed E-state index contributed by atoms with van der Waals surface area (Å²) in [5, 5.41) is 3.64. The highest BCUT2D eigenvalue weighted by molar-refractivity contribution is 4.78. The summed E-state index contributed by atoms with van der Waals surface area (Å²) in [5.74, 6) is 0. The van der Waals surface area contributed by atoms with Crippen molar-refractivity contribution in [3.63, 3.8) is 0 Å². The molecule has 3 heteroatoms. The van der Waals surface area contributed by atoms with E-state index in [2.05, 4.69) is 17.1 Å². The van der Waals surface area contributed by atoms with Crippen LogP contribution in [0.5, 0.6) is 0 Å². The summed E-state index contributed by atoms with van der Waals surface area (Å²) < 4.78 is 5.77. The SMILES string of the molecule is CCN1CCOC(CNC2CCCC2)C1. The fraction of sp³-hybridized carbons (Fsp3) is 1.00. The monoisotopic (exact) mass is 212 g/mol. The molecular weight excluding hydrogens is 188 g/mol. The topological polar surface area (TPSA) is 24.5 Å². The fourth-order valence-corrected chi connectivity index (χ4v) is 2.62. The molecule has 1 saturated carbocycles. The van der Waals surface area contributed by atoms with Crippen LogP contribution in [-0.4, -0.2) is 49.8 Å². The predicted molar refractivity (Wildman–Crippen MR) is 62.1 cm³/mol. The zero-order valence-corrected chi connectivity index (χ0v) is 9.87. The van der Waals surface area contributed by atoms with Gasteiger partial charge in [0.25, 0.3) is 0 Å². The van der Waals surface area contributed by atoms with Crippen LogP contribution in [0.15, 0.2) is 0 Å². The number of rotatable bonds is 4. The van der Waals surface area contributed by atoms with Crippen LogP contribution < -0.4 is 5.32 Å². The summed E-state index contributed by atoms with van der Waals surface area (Å²) in [6.07, 6.45) is 5.96. The van der Waals surface area contributed by atoms with Gasteiger partial charge in [0.2, 0.25) is 0 Å². The van der Waals surface area contributed by atoms with Gasteiger partial charge in [-0.2, -0.15) is 0 Å². The van der Waals surface area contributed by atoms with E-state index in [-0.39, 0.29) is 0 Å². The zero-order chi connectivity index (χ0) is 10.5. The lowest BCUT2D eigenvalue weighted by Crippen LogP contribution is -2.47. The molecule has 2 fully saturated rings. The minimum absolute atomic E-state index is 0.416. The van der Waals surface area contributed by atoms with Gasteiger partial charge in [-0.25, -0.2) is 0 Å². The van der Waals surface area contributed by atoms with Crippen LogP contribution in [-0.2, 0) is 4.74 Å². The third-order valence-electron chi connectivity index (χ3n) is 3.66. The van der Waals surface area contributed by atoms with Gasteiger partial charge in [-0.05, 0) is 19.4 Å². The van der Waals surface area contributed by atoms with E-state index in [1.807, 2.05) is 0 Å². The molecule has 1 heterocycles. The highest BCUT2D eigenvalue weighted by Gasteiger charge is 2.21. The first-order valence-electron chi connectivity index (χ1n) is 6.46. The van der Waals surface area contributed by atoms with Gasteiger partial charge in [-0.3, -0.25) is 4.90 Å². The molecular formula is C12H24N2O. The van der Waals surface area contributed by atoms with Crippen LogP contribution in [0.3, 0.4) is 0 Å². The van der Waals surface area contributed by atoms with Crippen molar-refractivity contribution in [1.29, 1.82) is 0 Å². The molecule has 3 nitrogen and oxygen atoms in total. The van der Waals surface area contributed by atoms with Crippen molar-refractivity contribution < 1.29 is 4.74 Å². The Morgan fingerprint density at radius 1 is 1.33 bits per heavy atom. The molecule has 0 bridgehead atoms. The van der Waals surface area contributed by atoms with Crippen molar-refractivity contribution in [2.45, 2.75) is 44.8 Å². The molecule has 0 aromatic rings. The highest BCUT2D eigenvalue weighted by atomic mass is 16.5. The summed E-state index contributed by atoms with van der Waals surface area (Å²) >= 11 is 0. The molecule has 2 rings (SSSR count). The van der Waals surface area contributed by atoms with Crippen molar-refractivity contribution in [2.75, 3.05) is 32.8 Å². The van der Waals surface area contributed by atoms with Crippen molar-refractivity contribution in [2.24, 2.45) is 0 Å². The lowest BCUT2D eigenvalue weighted by molar-refractivity contribution is -0.0262. The third kappa shape index (κ3) is 3.44. The maximum absolute atomic E-state index is 5.77. The molecule has 2 aliphatic rings. The number of hydrogen-bond donors (Lipinski definition) is 1. The van der Waals surface area contributed by atoms with E-state index < -0.39 is 0 Å². The summed E-state index contributed by atoms with van der Waals surface area (Å²) in [6, 6.07) is 0.769. The number of morpholine rings is 1. The molecule has 1 aliphatic heterocycles. The van der Waals surface area contributed by atoms with Crippen molar-refractivity contribution in [3.05, 3.63) is 0 Å². The molecule has 1 atom stereocenters. The van der Waals surface area contributed by atoms with Gasteiger partial charge in [0, 0.05) is 25.7 Å². The van der Waals surface area contributed by atoms with Gasteiger partial charge in [-0.1, -0.05) is 19.8 Å². The van der Waals surface area contributed by atoms with Crippen molar-refractivity contribution >= 4 is 0 Å². The average molecular weight is 212 g/mol. The summed E-state index contributed by atoms with van der Waals surface area (Å²) in [6.45, 7) is 7.55. The van der Waals surface area contributed by atoms with E-state index in [1.54, 1.807) is 0 Å². The number of hydrogen-bond acceptors (Lipinski definition) is 3. The fourth-order valence-electron chi connectivity index (χ4n) is 2.62. The highest BCUT2D eigenvalue weighted by Crippen LogP contribution is 2.17. The molecule has 1 saturated heterocycles. The molecule has 15 heavy (non-hydrogen) atoms. The maximum Gasteiger partial charge on any atom is 0.0826 e.